The Morgan fingerprint density at radius 1 is 1.33 bits per heavy atom. The lowest BCUT2D eigenvalue weighted by Crippen LogP contribution is -2.14. The van der Waals surface area contributed by atoms with Gasteiger partial charge in [0.15, 0.2) is 5.78 Å². The van der Waals surface area contributed by atoms with Crippen LogP contribution in [0.15, 0.2) is 30.3 Å². The number of carbonyl (C=O) groups excluding carboxylic acids is 1. The van der Waals surface area contributed by atoms with E-state index in [1.54, 1.807) is 12.1 Å². The fraction of sp³-hybridized carbons (Fsp3) is 0.462. The highest BCUT2D eigenvalue weighted by Gasteiger charge is 2.18. The SMILES string of the molecule is CCC(C)CC(=O)C(O)c1ccccc1. The Hall–Kier alpha value is -1.15. The molecule has 0 amide bonds. The van der Waals surface area contributed by atoms with Crippen molar-refractivity contribution in [2.75, 3.05) is 0 Å². The smallest absolute Gasteiger partial charge is 0.166 e. The number of benzene rings is 1. The fourth-order valence-corrected chi connectivity index (χ4v) is 1.42. The fourth-order valence-electron chi connectivity index (χ4n) is 1.42. The number of hydrogen-bond acceptors (Lipinski definition) is 2. The highest BCUT2D eigenvalue weighted by atomic mass is 16.3. The third-order valence-corrected chi connectivity index (χ3v) is 2.67. The van der Waals surface area contributed by atoms with Gasteiger partial charge in [0, 0.05) is 6.42 Å². The lowest BCUT2D eigenvalue weighted by atomic mass is 9.96. The molecule has 0 bridgehead atoms. The summed E-state index contributed by atoms with van der Waals surface area (Å²) in [4.78, 5) is 11.7. The number of aliphatic hydroxyl groups is 1. The summed E-state index contributed by atoms with van der Waals surface area (Å²) < 4.78 is 0. The molecule has 2 heteroatoms. The molecular formula is C13H18O2. The zero-order valence-corrected chi connectivity index (χ0v) is 9.31. The van der Waals surface area contributed by atoms with Crippen LogP contribution < -0.4 is 0 Å². The standard InChI is InChI=1S/C13H18O2/c1-3-10(2)9-12(14)13(15)11-7-5-4-6-8-11/h4-8,10,13,15H,3,9H2,1-2H3. The van der Waals surface area contributed by atoms with Gasteiger partial charge in [-0.15, -0.1) is 0 Å². The van der Waals surface area contributed by atoms with E-state index in [1.165, 1.54) is 0 Å². The van der Waals surface area contributed by atoms with Crippen LogP contribution in [0.25, 0.3) is 0 Å². The summed E-state index contributed by atoms with van der Waals surface area (Å²) in [7, 11) is 0. The van der Waals surface area contributed by atoms with Crippen LogP contribution in [0.1, 0.15) is 38.4 Å². The normalized spacial score (nSPS) is 14.6. The first-order valence-corrected chi connectivity index (χ1v) is 5.40. The van der Waals surface area contributed by atoms with Gasteiger partial charge >= 0.3 is 0 Å². The molecule has 0 saturated heterocycles. The van der Waals surface area contributed by atoms with Gasteiger partial charge in [0.05, 0.1) is 0 Å². The van der Waals surface area contributed by atoms with E-state index in [-0.39, 0.29) is 5.78 Å². The van der Waals surface area contributed by atoms with Gasteiger partial charge in [-0.05, 0) is 11.5 Å². The molecule has 2 unspecified atom stereocenters. The van der Waals surface area contributed by atoms with Crippen LogP contribution in [-0.4, -0.2) is 10.9 Å². The van der Waals surface area contributed by atoms with Crippen LogP contribution in [0.2, 0.25) is 0 Å². The highest BCUT2D eigenvalue weighted by molar-refractivity contribution is 5.84. The van der Waals surface area contributed by atoms with Crippen molar-refractivity contribution in [3.63, 3.8) is 0 Å². The molecule has 0 aliphatic carbocycles. The van der Waals surface area contributed by atoms with Crippen molar-refractivity contribution in [3.8, 4) is 0 Å². The van der Waals surface area contributed by atoms with Crippen LogP contribution in [0.5, 0.6) is 0 Å². The largest absolute Gasteiger partial charge is 0.381 e. The van der Waals surface area contributed by atoms with Crippen molar-refractivity contribution in [2.45, 2.75) is 32.8 Å². The first kappa shape index (κ1) is 11.9. The van der Waals surface area contributed by atoms with Gasteiger partial charge < -0.3 is 5.11 Å². The predicted octanol–water partition coefficient (Wildman–Crippen LogP) is 2.73. The van der Waals surface area contributed by atoms with Gasteiger partial charge in [-0.3, -0.25) is 4.79 Å². The van der Waals surface area contributed by atoms with Crippen molar-refractivity contribution >= 4 is 5.78 Å². The van der Waals surface area contributed by atoms with Crippen molar-refractivity contribution in [2.24, 2.45) is 5.92 Å². The summed E-state index contributed by atoms with van der Waals surface area (Å²) in [6, 6.07) is 9.08. The van der Waals surface area contributed by atoms with Crippen molar-refractivity contribution in [1.82, 2.24) is 0 Å². The van der Waals surface area contributed by atoms with Crippen LogP contribution in [-0.2, 0) is 4.79 Å². The number of ketones is 1. The van der Waals surface area contributed by atoms with E-state index >= 15 is 0 Å². The summed E-state index contributed by atoms with van der Waals surface area (Å²) in [5, 5.41) is 9.78. The topological polar surface area (TPSA) is 37.3 Å². The molecule has 1 aromatic carbocycles. The Labute approximate surface area is 90.9 Å². The minimum Gasteiger partial charge on any atom is -0.381 e. The van der Waals surface area contributed by atoms with E-state index in [4.69, 9.17) is 0 Å². The second-order valence-corrected chi connectivity index (χ2v) is 4.00. The summed E-state index contributed by atoms with van der Waals surface area (Å²) >= 11 is 0. The maximum Gasteiger partial charge on any atom is 0.166 e. The minimum atomic E-state index is -0.958. The molecule has 0 aliphatic rings. The number of hydrogen-bond donors (Lipinski definition) is 1. The number of aliphatic hydroxyl groups excluding tert-OH is 1. The molecule has 0 aromatic heterocycles. The maximum atomic E-state index is 11.7. The second kappa shape index (κ2) is 5.66. The van der Waals surface area contributed by atoms with Crippen molar-refractivity contribution in [3.05, 3.63) is 35.9 Å². The molecule has 1 aromatic rings. The first-order chi connectivity index (χ1) is 7.15. The van der Waals surface area contributed by atoms with Crippen LogP contribution in [0.4, 0.5) is 0 Å². The van der Waals surface area contributed by atoms with Gasteiger partial charge in [0.2, 0.25) is 0 Å². The molecule has 0 saturated carbocycles. The molecule has 0 heterocycles. The lowest BCUT2D eigenvalue weighted by molar-refractivity contribution is -0.128. The second-order valence-electron chi connectivity index (χ2n) is 4.00. The highest BCUT2D eigenvalue weighted by Crippen LogP contribution is 2.18. The number of Topliss-reactive ketones (excluding diaryl/α,β-unsaturated/α-hetero) is 1. The first-order valence-electron chi connectivity index (χ1n) is 5.40. The predicted molar refractivity (Wildman–Crippen MR) is 60.5 cm³/mol. The van der Waals surface area contributed by atoms with Crippen LogP contribution >= 0.6 is 0 Å². The Balaban J connectivity index is 2.61. The van der Waals surface area contributed by atoms with E-state index in [0.29, 0.717) is 17.9 Å². The molecule has 1 rings (SSSR count). The van der Waals surface area contributed by atoms with Gasteiger partial charge in [-0.1, -0.05) is 50.6 Å². The van der Waals surface area contributed by atoms with Gasteiger partial charge in [0.25, 0.3) is 0 Å². The Morgan fingerprint density at radius 3 is 2.47 bits per heavy atom. The van der Waals surface area contributed by atoms with E-state index in [1.807, 2.05) is 32.0 Å². The Morgan fingerprint density at radius 2 is 1.93 bits per heavy atom. The lowest BCUT2D eigenvalue weighted by Gasteiger charge is -2.12. The minimum absolute atomic E-state index is 0.0875. The van der Waals surface area contributed by atoms with Crippen LogP contribution in [0, 0.1) is 5.92 Å². The molecule has 82 valence electrons. The molecule has 2 atom stereocenters. The maximum absolute atomic E-state index is 11.7. The molecule has 0 radical (unpaired) electrons. The molecule has 0 fully saturated rings. The van der Waals surface area contributed by atoms with Crippen LogP contribution in [0.3, 0.4) is 0 Å². The Kier molecular flexibility index (Phi) is 4.50. The van der Waals surface area contributed by atoms with Crippen molar-refractivity contribution < 1.29 is 9.90 Å². The zero-order chi connectivity index (χ0) is 11.3. The number of rotatable bonds is 5. The molecule has 2 nitrogen and oxygen atoms in total. The average Bonchev–Trinajstić information content (AvgIpc) is 2.29. The van der Waals surface area contributed by atoms with Gasteiger partial charge in [-0.25, -0.2) is 0 Å². The summed E-state index contributed by atoms with van der Waals surface area (Å²) in [6.45, 7) is 4.07. The molecule has 0 aliphatic heterocycles. The molecule has 1 N–H and O–H groups in total. The molecule has 0 spiro atoms. The third-order valence-electron chi connectivity index (χ3n) is 2.67. The Bertz CT molecular complexity index is 306. The summed E-state index contributed by atoms with van der Waals surface area (Å²) in [5.41, 5.74) is 0.686. The van der Waals surface area contributed by atoms with E-state index in [9.17, 15) is 9.90 Å². The van der Waals surface area contributed by atoms with E-state index in [0.717, 1.165) is 6.42 Å². The van der Waals surface area contributed by atoms with E-state index in [2.05, 4.69) is 0 Å². The summed E-state index contributed by atoms with van der Waals surface area (Å²) in [6.07, 6.45) is 0.458. The quantitative estimate of drug-likeness (QED) is 0.804. The molecule has 15 heavy (non-hydrogen) atoms. The number of carbonyl (C=O) groups is 1. The zero-order valence-electron chi connectivity index (χ0n) is 9.31. The third kappa shape index (κ3) is 3.48. The monoisotopic (exact) mass is 206 g/mol. The van der Waals surface area contributed by atoms with Gasteiger partial charge in [0.1, 0.15) is 6.10 Å². The van der Waals surface area contributed by atoms with Crippen molar-refractivity contribution in [1.29, 1.82) is 0 Å². The van der Waals surface area contributed by atoms with Gasteiger partial charge in [-0.2, -0.15) is 0 Å². The molecular weight excluding hydrogens is 188 g/mol. The van der Waals surface area contributed by atoms with E-state index < -0.39 is 6.10 Å². The summed E-state index contributed by atoms with van der Waals surface area (Å²) in [5.74, 6) is 0.256. The average molecular weight is 206 g/mol.